The summed E-state index contributed by atoms with van der Waals surface area (Å²) >= 11 is 0. The zero-order chi connectivity index (χ0) is 24.0. The second-order valence-electron chi connectivity index (χ2n) is 8.53. The van der Waals surface area contributed by atoms with Gasteiger partial charge in [-0.3, -0.25) is 4.79 Å². The molecule has 174 valence electrons. The highest BCUT2D eigenvalue weighted by molar-refractivity contribution is 5.85. The number of rotatable bonds is 4. The number of amides is 1. The predicted octanol–water partition coefficient (Wildman–Crippen LogP) is 4.53. The maximum Gasteiger partial charge on any atom is 0.416 e. The SMILES string of the molecule is CC(C)(N)C(=O)N1CCn2c(nc(-c3ccc(F)cc3)c2Nc2ccc(C(F)(F)F)cc2)C1. The molecule has 0 fully saturated rings. The lowest BCUT2D eigenvalue weighted by Crippen LogP contribution is -2.52. The maximum absolute atomic E-state index is 13.5. The van der Waals surface area contributed by atoms with Crippen LogP contribution < -0.4 is 11.1 Å². The summed E-state index contributed by atoms with van der Waals surface area (Å²) in [6.45, 7) is 4.31. The summed E-state index contributed by atoms with van der Waals surface area (Å²) in [6.07, 6.45) is -4.43. The van der Waals surface area contributed by atoms with E-state index in [9.17, 15) is 22.4 Å². The zero-order valence-corrected chi connectivity index (χ0v) is 18.1. The number of benzene rings is 2. The number of nitrogens with one attached hydrogen (secondary N) is 1. The van der Waals surface area contributed by atoms with Crippen LogP contribution in [0.5, 0.6) is 0 Å². The lowest BCUT2D eigenvalue weighted by Gasteiger charge is -2.33. The van der Waals surface area contributed by atoms with Crippen LogP contribution in [0.2, 0.25) is 0 Å². The van der Waals surface area contributed by atoms with Crippen LogP contribution in [0.15, 0.2) is 48.5 Å². The number of fused-ring (bicyclic) bond motifs is 1. The van der Waals surface area contributed by atoms with E-state index in [0.717, 1.165) is 12.1 Å². The molecule has 2 heterocycles. The number of nitrogens with two attached hydrogens (primary N) is 1. The number of nitrogens with zero attached hydrogens (tertiary/aromatic N) is 3. The summed E-state index contributed by atoms with van der Waals surface area (Å²) < 4.78 is 54.1. The highest BCUT2D eigenvalue weighted by Crippen LogP contribution is 2.35. The van der Waals surface area contributed by atoms with E-state index in [1.165, 1.54) is 24.3 Å². The minimum Gasteiger partial charge on any atom is -0.340 e. The Kier molecular flexibility index (Phi) is 5.65. The van der Waals surface area contributed by atoms with E-state index < -0.39 is 23.1 Å². The molecule has 0 atom stereocenters. The third-order valence-corrected chi connectivity index (χ3v) is 5.40. The first-order chi connectivity index (χ1) is 15.4. The third kappa shape index (κ3) is 4.70. The highest BCUT2D eigenvalue weighted by Gasteiger charge is 2.33. The number of halogens is 4. The predicted molar refractivity (Wildman–Crippen MR) is 116 cm³/mol. The van der Waals surface area contributed by atoms with Crippen molar-refractivity contribution in [2.24, 2.45) is 5.73 Å². The van der Waals surface area contributed by atoms with E-state index in [-0.39, 0.29) is 12.5 Å². The molecule has 2 aromatic carbocycles. The Bertz CT molecular complexity index is 1160. The van der Waals surface area contributed by atoms with Crippen LogP contribution in [0, 0.1) is 5.82 Å². The number of carbonyl (C=O) groups is 1. The summed E-state index contributed by atoms with van der Waals surface area (Å²) in [5.41, 5.74) is 5.76. The van der Waals surface area contributed by atoms with Gasteiger partial charge in [0.1, 0.15) is 23.2 Å². The monoisotopic (exact) mass is 461 g/mol. The molecule has 0 aliphatic carbocycles. The molecule has 0 bridgehead atoms. The largest absolute Gasteiger partial charge is 0.416 e. The summed E-state index contributed by atoms with van der Waals surface area (Å²) in [4.78, 5) is 19.0. The summed E-state index contributed by atoms with van der Waals surface area (Å²) in [7, 11) is 0. The fourth-order valence-corrected chi connectivity index (χ4v) is 3.73. The first-order valence-corrected chi connectivity index (χ1v) is 10.3. The van der Waals surface area contributed by atoms with Crippen LogP contribution in [-0.4, -0.2) is 32.4 Å². The quantitative estimate of drug-likeness (QED) is 0.560. The van der Waals surface area contributed by atoms with Gasteiger partial charge in [0, 0.05) is 24.3 Å². The van der Waals surface area contributed by atoms with Crippen LogP contribution in [0.3, 0.4) is 0 Å². The van der Waals surface area contributed by atoms with Gasteiger partial charge in [-0.25, -0.2) is 9.37 Å². The molecule has 3 aromatic rings. The molecule has 6 nitrogen and oxygen atoms in total. The van der Waals surface area contributed by atoms with Gasteiger partial charge < -0.3 is 20.5 Å². The van der Waals surface area contributed by atoms with E-state index in [1.54, 1.807) is 30.9 Å². The number of imidazole rings is 1. The van der Waals surface area contributed by atoms with Crippen LogP contribution in [0.4, 0.5) is 29.1 Å². The van der Waals surface area contributed by atoms with Gasteiger partial charge in [0.2, 0.25) is 5.91 Å². The average Bonchev–Trinajstić information content (AvgIpc) is 3.10. The molecule has 0 unspecified atom stereocenters. The smallest absolute Gasteiger partial charge is 0.340 e. The van der Waals surface area contributed by atoms with Crippen LogP contribution in [0.25, 0.3) is 11.3 Å². The molecule has 0 radical (unpaired) electrons. The second kappa shape index (κ2) is 8.18. The molecular formula is C23H23F4N5O. The molecule has 10 heteroatoms. The van der Waals surface area contributed by atoms with Crippen molar-refractivity contribution < 1.29 is 22.4 Å². The number of carbonyl (C=O) groups excluding carboxylic acids is 1. The molecule has 4 rings (SSSR count). The molecule has 1 aromatic heterocycles. The first-order valence-electron chi connectivity index (χ1n) is 10.3. The Balaban J connectivity index is 1.72. The molecule has 1 aliphatic rings. The van der Waals surface area contributed by atoms with Crippen molar-refractivity contribution >= 4 is 17.4 Å². The summed E-state index contributed by atoms with van der Waals surface area (Å²) in [5.74, 6) is 0.530. The van der Waals surface area contributed by atoms with Crippen molar-refractivity contribution in [1.82, 2.24) is 14.5 Å². The summed E-state index contributed by atoms with van der Waals surface area (Å²) in [6, 6.07) is 10.4. The normalized spacial score (nSPS) is 14.2. The molecule has 3 N–H and O–H groups in total. The van der Waals surface area contributed by atoms with Gasteiger partial charge in [0.05, 0.1) is 17.6 Å². The number of hydrogen-bond acceptors (Lipinski definition) is 4. The summed E-state index contributed by atoms with van der Waals surface area (Å²) in [5, 5.41) is 3.16. The maximum atomic E-state index is 13.5. The lowest BCUT2D eigenvalue weighted by atomic mass is 10.1. The fraction of sp³-hybridized carbons (Fsp3) is 0.304. The van der Waals surface area contributed by atoms with Crippen molar-refractivity contribution in [2.75, 3.05) is 11.9 Å². The molecular weight excluding hydrogens is 438 g/mol. The van der Waals surface area contributed by atoms with E-state index in [1.807, 2.05) is 4.57 Å². The Morgan fingerprint density at radius 1 is 1.03 bits per heavy atom. The highest BCUT2D eigenvalue weighted by atomic mass is 19.4. The van der Waals surface area contributed by atoms with Crippen LogP contribution in [-0.2, 0) is 24.1 Å². The average molecular weight is 461 g/mol. The van der Waals surface area contributed by atoms with Gasteiger partial charge in [-0.05, 0) is 62.4 Å². The number of anilines is 2. The van der Waals surface area contributed by atoms with E-state index in [0.29, 0.717) is 41.7 Å². The van der Waals surface area contributed by atoms with Crippen molar-refractivity contribution in [1.29, 1.82) is 0 Å². The minimum atomic E-state index is -4.43. The first kappa shape index (κ1) is 22.8. The van der Waals surface area contributed by atoms with Gasteiger partial charge in [0.15, 0.2) is 0 Å². The lowest BCUT2D eigenvalue weighted by molar-refractivity contribution is -0.138. The molecule has 33 heavy (non-hydrogen) atoms. The number of alkyl halides is 3. The Labute approximate surface area is 188 Å². The van der Waals surface area contributed by atoms with Crippen LogP contribution >= 0.6 is 0 Å². The molecule has 0 saturated carbocycles. The molecule has 1 aliphatic heterocycles. The molecule has 0 spiro atoms. The van der Waals surface area contributed by atoms with Gasteiger partial charge in [-0.15, -0.1) is 0 Å². The second-order valence-corrected chi connectivity index (χ2v) is 8.53. The standard InChI is InChI=1S/C23H23F4N5O/c1-22(2,28)21(33)31-11-12-32-18(13-31)30-19(14-3-7-16(24)8-4-14)20(32)29-17-9-5-15(6-10-17)23(25,26)27/h3-10,29H,11-13,28H2,1-2H3. The van der Waals surface area contributed by atoms with Crippen molar-refractivity contribution in [2.45, 2.75) is 38.7 Å². The van der Waals surface area contributed by atoms with E-state index in [2.05, 4.69) is 10.3 Å². The molecule has 0 saturated heterocycles. The van der Waals surface area contributed by atoms with E-state index >= 15 is 0 Å². The Hall–Kier alpha value is -3.40. The van der Waals surface area contributed by atoms with Gasteiger partial charge in [0.25, 0.3) is 0 Å². The minimum absolute atomic E-state index is 0.211. The van der Waals surface area contributed by atoms with Crippen LogP contribution in [0.1, 0.15) is 25.2 Å². The van der Waals surface area contributed by atoms with Crippen molar-refractivity contribution in [3.63, 3.8) is 0 Å². The molecule has 1 amide bonds. The van der Waals surface area contributed by atoms with Gasteiger partial charge in [-0.2, -0.15) is 13.2 Å². The number of aromatic nitrogens is 2. The van der Waals surface area contributed by atoms with Gasteiger partial charge >= 0.3 is 6.18 Å². The fourth-order valence-electron chi connectivity index (χ4n) is 3.73. The third-order valence-electron chi connectivity index (χ3n) is 5.40. The van der Waals surface area contributed by atoms with E-state index in [4.69, 9.17) is 5.73 Å². The Morgan fingerprint density at radius 3 is 2.24 bits per heavy atom. The van der Waals surface area contributed by atoms with Crippen molar-refractivity contribution in [3.05, 3.63) is 65.7 Å². The Morgan fingerprint density at radius 2 is 1.67 bits per heavy atom. The zero-order valence-electron chi connectivity index (χ0n) is 18.1. The topological polar surface area (TPSA) is 76.2 Å². The van der Waals surface area contributed by atoms with Crippen molar-refractivity contribution in [3.8, 4) is 11.3 Å². The van der Waals surface area contributed by atoms with Gasteiger partial charge in [-0.1, -0.05) is 0 Å². The number of hydrogen-bond donors (Lipinski definition) is 2.